The summed E-state index contributed by atoms with van der Waals surface area (Å²) in [6.45, 7) is 1.55. The number of fused-ring (bicyclic) bond motifs is 2. The molecular formula is C23H28N6O2S. The Hall–Kier alpha value is -2.39. The number of anilines is 2. The summed E-state index contributed by atoms with van der Waals surface area (Å²) in [6.07, 6.45) is 11.7. The SMILES string of the molecule is O=S1CCCc2nc(N3CC=C(c4ncc5c(n4)CC5)CC3)nc(NC3(CO)CCC3)c21. The molecule has 6 rings (SSSR count). The van der Waals surface area contributed by atoms with Gasteiger partial charge in [0.1, 0.15) is 10.7 Å². The fraction of sp³-hybridized carbons (Fsp3) is 0.565. The van der Waals surface area contributed by atoms with Gasteiger partial charge in [-0.25, -0.2) is 15.0 Å². The van der Waals surface area contributed by atoms with Gasteiger partial charge >= 0.3 is 0 Å². The highest BCUT2D eigenvalue weighted by molar-refractivity contribution is 7.85. The van der Waals surface area contributed by atoms with Gasteiger partial charge in [0.25, 0.3) is 0 Å². The lowest BCUT2D eigenvalue weighted by molar-refractivity contribution is 0.143. The first-order chi connectivity index (χ1) is 15.6. The molecule has 1 saturated carbocycles. The molecule has 1 unspecified atom stereocenters. The average molecular weight is 453 g/mol. The molecule has 2 aliphatic heterocycles. The Kier molecular flexibility index (Phi) is 4.98. The molecule has 2 aliphatic carbocycles. The minimum atomic E-state index is -1.10. The summed E-state index contributed by atoms with van der Waals surface area (Å²) in [4.78, 5) is 21.9. The quantitative estimate of drug-likeness (QED) is 0.710. The molecule has 8 nitrogen and oxygen atoms in total. The number of hydrogen-bond donors (Lipinski definition) is 2. The van der Waals surface area contributed by atoms with Crippen LogP contribution < -0.4 is 10.2 Å². The second kappa shape index (κ2) is 7.88. The first-order valence-electron chi connectivity index (χ1n) is 11.6. The molecule has 1 atom stereocenters. The number of aromatic nitrogens is 4. The van der Waals surface area contributed by atoms with Crippen LogP contribution in [0.2, 0.25) is 0 Å². The third-order valence-corrected chi connectivity index (χ3v) is 8.80. The standard InChI is InChI=1S/C23H28N6O2S/c30-14-23(8-2-9-23)28-21-19-18(3-1-12-32(19)31)26-22(27-21)29-10-6-15(7-11-29)20-24-13-16-4-5-17(16)25-20/h6,13,30H,1-5,7-12,14H2,(H,26,27,28). The van der Waals surface area contributed by atoms with Crippen molar-refractivity contribution in [2.24, 2.45) is 0 Å². The zero-order chi connectivity index (χ0) is 21.7. The van der Waals surface area contributed by atoms with Gasteiger partial charge in [-0.15, -0.1) is 0 Å². The maximum atomic E-state index is 12.8. The van der Waals surface area contributed by atoms with E-state index in [0.717, 1.165) is 74.3 Å². The van der Waals surface area contributed by atoms with Gasteiger partial charge in [-0.3, -0.25) is 4.21 Å². The first-order valence-corrected chi connectivity index (χ1v) is 12.9. The molecular weight excluding hydrogens is 424 g/mol. The number of aryl methyl sites for hydroxylation is 3. The molecule has 0 spiro atoms. The highest BCUT2D eigenvalue weighted by Gasteiger charge is 2.38. The smallest absolute Gasteiger partial charge is 0.227 e. The molecule has 0 amide bonds. The van der Waals surface area contributed by atoms with Crippen molar-refractivity contribution in [3.63, 3.8) is 0 Å². The number of rotatable bonds is 5. The van der Waals surface area contributed by atoms with Gasteiger partial charge in [0.05, 0.1) is 28.6 Å². The van der Waals surface area contributed by atoms with Gasteiger partial charge in [-0.1, -0.05) is 6.08 Å². The topological polar surface area (TPSA) is 104 Å². The molecule has 0 aromatic carbocycles. The van der Waals surface area contributed by atoms with E-state index < -0.39 is 10.8 Å². The Morgan fingerprint density at radius 3 is 2.66 bits per heavy atom. The molecule has 0 bridgehead atoms. The Bertz CT molecular complexity index is 1120. The van der Waals surface area contributed by atoms with Crippen molar-refractivity contribution in [1.82, 2.24) is 19.9 Å². The van der Waals surface area contributed by atoms with Crippen molar-refractivity contribution < 1.29 is 9.32 Å². The van der Waals surface area contributed by atoms with Crippen LogP contribution in [0.25, 0.3) is 5.57 Å². The zero-order valence-corrected chi connectivity index (χ0v) is 19.0. The lowest BCUT2D eigenvalue weighted by Crippen LogP contribution is -2.49. The maximum absolute atomic E-state index is 12.8. The van der Waals surface area contributed by atoms with Crippen LogP contribution in [0.5, 0.6) is 0 Å². The molecule has 0 saturated heterocycles. The van der Waals surface area contributed by atoms with Crippen molar-refractivity contribution >= 4 is 28.1 Å². The van der Waals surface area contributed by atoms with Crippen LogP contribution in [-0.2, 0) is 30.1 Å². The summed E-state index contributed by atoms with van der Waals surface area (Å²) in [5, 5.41) is 13.4. The summed E-state index contributed by atoms with van der Waals surface area (Å²) in [5.41, 5.74) is 4.19. The van der Waals surface area contributed by atoms with Gasteiger partial charge in [0.2, 0.25) is 5.95 Å². The summed E-state index contributed by atoms with van der Waals surface area (Å²) in [6, 6.07) is 0. The molecule has 4 heterocycles. The summed E-state index contributed by atoms with van der Waals surface area (Å²) < 4.78 is 12.8. The van der Waals surface area contributed by atoms with E-state index in [9.17, 15) is 9.32 Å². The third-order valence-electron chi connectivity index (χ3n) is 7.26. The predicted octanol–water partition coefficient (Wildman–Crippen LogP) is 2.04. The van der Waals surface area contributed by atoms with Crippen LogP contribution in [0.1, 0.15) is 54.9 Å². The lowest BCUT2D eigenvalue weighted by atomic mass is 9.77. The van der Waals surface area contributed by atoms with Crippen molar-refractivity contribution in [2.75, 3.05) is 35.7 Å². The second-order valence-electron chi connectivity index (χ2n) is 9.31. The lowest BCUT2D eigenvalue weighted by Gasteiger charge is -2.42. The van der Waals surface area contributed by atoms with Crippen molar-refractivity contribution in [1.29, 1.82) is 0 Å². The number of aliphatic hydroxyl groups excluding tert-OH is 1. The molecule has 168 valence electrons. The molecule has 2 aromatic rings. The highest BCUT2D eigenvalue weighted by atomic mass is 32.2. The molecule has 1 fully saturated rings. The van der Waals surface area contributed by atoms with Crippen molar-refractivity contribution in [2.45, 2.75) is 61.8 Å². The van der Waals surface area contributed by atoms with Gasteiger partial charge in [-0.2, -0.15) is 4.98 Å². The fourth-order valence-electron chi connectivity index (χ4n) is 4.92. The molecule has 4 aliphatic rings. The van der Waals surface area contributed by atoms with E-state index in [-0.39, 0.29) is 12.1 Å². The highest BCUT2D eigenvalue weighted by Crippen LogP contribution is 2.38. The maximum Gasteiger partial charge on any atom is 0.227 e. The van der Waals surface area contributed by atoms with Crippen molar-refractivity contribution in [3.05, 3.63) is 35.0 Å². The first kappa shape index (κ1) is 20.2. The summed E-state index contributed by atoms with van der Waals surface area (Å²) >= 11 is 0. The Balaban J connectivity index is 1.29. The molecule has 0 radical (unpaired) electrons. The minimum Gasteiger partial charge on any atom is -0.394 e. The average Bonchev–Trinajstić information content (AvgIpc) is 2.77. The minimum absolute atomic E-state index is 0.0599. The normalized spacial score (nSPS) is 23.3. The van der Waals surface area contributed by atoms with E-state index in [2.05, 4.69) is 21.3 Å². The molecule has 9 heteroatoms. The van der Waals surface area contributed by atoms with E-state index in [1.807, 2.05) is 6.20 Å². The van der Waals surface area contributed by atoms with Crippen LogP contribution in [0.3, 0.4) is 0 Å². The van der Waals surface area contributed by atoms with Gasteiger partial charge in [-0.05, 0) is 62.5 Å². The van der Waals surface area contributed by atoms with Gasteiger partial charge in [0.15, 0.2) is 5.82 Å². The predicted molar refractivity (Wildman–Crippen MR) is 123 cm³/mol. The largest absolute Gasteiger partial charge is 0.394 e. The Morgan fingerprint density at radius 1 is 1.09 bits per heavy atom. The zero-order valence-electron chi connectivity index (χ0n) is 18.1. The van der Waals surface area contributed by atoms with Crippen LogP contribution in [-0.4, -0.2) is 60.2 Å². The molecule has 2 N–H and O–H groups in total. The molecule has 32 heavy (non-hydrogen) atoms. The third kappa shape index (κ3) is 3.42. The van der Waals surface area contributed by atoms with Gasteiger partial charge in [0, 0.05) is 30.7 Å². The molecule has 2 aromatic heterocycles. The van der Waals surface area contributed by atoms with E-state index >= 15 is 0 Å². The van der Waals surface area contributed by atoms with E-state index in [0.29, 0.717) is 24.1 Å². The number of hydrogen-bond acceptors (Lipinski definition) is 8. The van der Waals surface area contributed by atoms with E-state index in [1.165, 1.54) is 16.8 Å². The summed E-state index contributed by atoms with van der Waals surface area (Å²) in [5.74, 6) is 2.82. The fourth-order valence-corrected chi connectivity index (χ4v) is 6.25. The Labute approximate surface area is 190 Å². The van der Waals surface area contributed by atoms with Crippen molar-refractivity contribution in [3.8, 4) is 0 Å². The number of nitrogens with zero attached hydrogens (tertiary/aromatic N) is 5. The van der Waals surface area contributed by atoms with Gasteiger partial charge < -0.3 is 15.3 Å². The van der Waals surface area contributed by atoms with Crippen LogP contribution >= 0.6 is 0 Å². The van der Waals surface area contributed by atoms with Crippen LogP contribution in [0.4, 0.5) is 11.8 Å². The van der Waals surface area contributed by atoms with Crippen LogP contribution in [0, 0.1) is 0 Å². The monoisotopic (exact) mass is 452 g/mol. The number of aliphatic hydroxyl groups is 1. The van der Waals surface area contributed by atoms with Crippen LogP contribution in [0.15, 0.2) is 17.2 Å². The number of nitrogens with one attached hydrogen (secondary N) is 1. The summed E-state index contributed by atoms with van der Waals surface area (Å²) in [7, 11) is -1.10. The Morgan fingerprint density at radius 2 is 2.00 bits per heavy atom. The van der Waals surface area contributed by atoms with E-state index in [1.54, 1.807) is 0 Å². The second-order valence-corrected chi connectivity index (χ2v) is 10.8. The van der Waals surface area contributed by atoms with E-state index in [4.69, 9.17) is 15.0 Å².